The molecule has 2 unspecified atom stereocenters. The second-order valence-electron chi connectivity index (χ2n) is 9.99. The van der Waals surface area contributed by atoms with Crippen molar-refractivity contribution in [3.8, 4) is 0 Å². The third kappa shape index (κ3) is 10.7. The Morgan fingerprint density at radius 2 is 1.72 bits per heavy atom. The van der Waals surface area contributed by atoms with E-state index in [4.69, 9.17) is 10.5 Å². The van der Waals surface area contributed by atoms with Crippen molar-refractivity contribution in [3.63, 3.8) is 0 Å². The minimum Gasteiger partial charge on any atom is -0.444 e. The fourth-order valence-corrected chi connectivity index (χ4v) is 3.83. The Bertz CT molecular complexity index is 881. The number of nitrogens with one attached hydrogen (secondary N) is 2. The first kappa shape index (κ1) is 30.9. The van der Waals surface area contributed by atoms with E-state index in [9.17, 15) is 19.2 Å². The van der Waals surface area contributed by atoms with Crippen LogP contribution in [0.25, 0.3) is 0 Å². The number of alkyl carbamates (subject to hydrolysis) is 1. The Balaban J connectivity index is 3.37. The maximum Gasteiger partial charge on any atom is 0.408 e. The van der Waals surface area contributed by atoms with E-state index >= 15 is 0 Å². The van der Waals surface area contributed by atoms with Gasteiger partial charge in [-0.1, -0.05) is 51.0 Å². The number of rotatable bonds is 14. The van der Waals surface area contributed by atoms with E-state index in [1.807, 2.05) is 38.1 Å². The number of unbranched alkanes of at least 4 members (excludes halogenated alkanes) is 2. The van der Waals surface area contributed by atoms with Gasteiger partial charge in [-0.15, -0.1) is 0 Å². The standard InChI is InChI=1S/C27H44N4O5/c1-7-9-12-17-29-24(33)23(20-14-11-10-13-19(20)3)31(18-8-2)25(34)21(15-16-22(28)32)30-26(35)36-27(4,5)6/h10-11,13-14,21,23H,7-9,12,15-18H2,1-6H3,(H2,28,32)(H,29,33)(H,30,35). The highest BCUT2D eigenvalue weighted by Gasteiger charge is 2.36. The lowest BCUT2D eigenvalue weighted by molar-refractivity contribution is -0.142. The third-order valence-electron chi connectivity index (χ3n) is 5.54. The summed E-state index contributed by atoms with van der Waals surface area (Å²) in [7, 11) is 0. The van der Waals surface area contributed by atoms with Gasteiger partial charge in [0.15, 0.2) is 0 Å². The van der Waals surface area contributed by atoms with Gasteiger partial charge in [0.1, 0.15) is 17.7 Å². The van der Waals surface area contributed by atoms with Crippen LogP contribution in [0.5, 0.6) is 0 Å². The maximum absolute atomic E-state index is 13.9. The Morgan fingerprint density at radius 1 is 1.06 bits per heavy atom. The molecule has 4 amide bonds. The van der Waals surface area contributed by atoms with Crippen LogP contribution in [0, 0.1) is 6.92 Å². The summed E-state index contributed by atoms with van der Waals surface area (Å²) in [5.74, 6) is -1.35. The number of benzene rings is 1. The predicted octanol–water partition coefficient (Wildman–Crippen LogP) is 3.74. The Labute approximate surface area is 215 Å². The lowest BCUT2D eigenvalue weighted by atomic mass is 9.97. The van der Waals surface area contributed by atoms with Crippen LogP contribution in [0.4, 0.5) is 4.79 Å². The number of amides is 4. The topological polar surface area (TPSA) is 131 Å². The molecule has 1 aromatic carbocycles. The van der Waals surface area contributed by atoms with E-state index in [1.54, 1.807) is 20.8 Å². The van der Waals surface area contributed by atoms with E-state index < -0.39 is 35.6 Å². The molecule has 2 atom stereocenters. The van der Waals surface area contributed by atoms with Crippen LogP contribution in [0.2, 0.25) is 0 Å². The fourth-order valence-electron chi connectivity index (χ4n) is 3.83. The second-order valence-corrected chi connectivity index (χ2v) is 9.99. The maximum atomic E-state index is 13.9. The molecular formula is C27H44N4O5. The average molecular weight is 505 g/mol. The van der Waals surface area contributed by atoms with Crippen molar-refractivity contribution in [3.05, 3.63) is 35.4 Å². The summed E-state index contributed by atoms with van der Waals surface area (Å²) in [6.07, 6.45) is 2.55. The van der Waals surface area contributed by atoms with Crippen LogP contribution < -0.4 is 16.4 Å². The highest BCUT2D eigenvalue weighted by atomic mass is 16.6. The molecule has 36 heavy (non-hydrogen) atoms. The van der Waals surface area contributed by atoms with Gasteiger partial charge in [0.25, 0.3) is 0 Å². The molecule has 4 N–H and O–H groups in total. The number of primary amides is 1. The molecule has 0 heterocycles. The fraction of sp³-hybridized carbons (Fsp3) is 0.630. The molecule has 0 saturated carbocycles. The Kier molecular flexibility index (Phi) is 13.0. The zero-order valence-corrected chi connectivity index (χ0v) is 22.7. The summed E-state index contributed by atoms with van der Waals surface area (Å²) < 4.78 is 5.34. The van der Waals surface area contributed by atoms with E-state index in [-0.39, 0.29) is 25.3 Å². The first-order chi connectivity index (χ1) is 16.9. The van der Waals surface area contributed by atoms with Crippen molar-refractivity contribution in [1.29, 1.82) is 0 Å². The van der Waals surface area contributed by atoms with Crippen LogP contribution in [0.15, 0.2) is 24.3 Å². The molecule has 0 spiro atoms. The molecule has 1 aromatic rings. The third-order valence-corrected chi connectivity index (χ3v) is 5.54. The van der Waals surface area contributed by atoms with Crippen molar-refractivity contribution in [2.75, 3.05) is 13.1 Å². The van der Waals surface area contributed by atoms with Crippen molar-refractivity contribution < 1.29 is 23.9 Å². The van der Waals surface area contributed by atoms with Gasteiger partial charge >= 0.3 is 6.09 Å². The second kappa shape index (κ2) is 15.1. The summed E-state index contributed by atoms with van der Waals surface area (Å²) in [6.45, 7) is 11.8. The van der Waals surface area contributed by atoms with Gasteiger partial charge in [-0.3, -0.25) is 14.4 Å². The first-order valence-electron chi connectivity index (χ1n) is 12.8. The highest BCUT2D eigenvalue weighted by molar-refractivity contribution is 5.92. The number of carbonyl (C=O) groups is 4. The highest BCUT2D eigenvalue weighted by Crippen LogP contribution is 2.26. The number of hydrogen-bond donors (Lipinski definition) is 3. The first-order valence-corrected chi connectivity index (χ1v) is 12.8. The molecule has 9 heteroatoms. The van der Waals surface area contributed by atoms with Crippen LogP contribution in [0.1, 0.15) is 90.3 Å². The van der Waals surface area contributed by atoms with Crippen LogP contribution in [-0.2, 0) is 19.1 Å². The Morgan fingerprint density at radius 3 is 2.28 bits per heavy atom. The number of nitrogens with zero attached hydrogens (tertiary/aromatic N) is 1. The van der Waals surface area contributed by atoms with Gasteiger partial charge in [0.2, 0.25) is 17.7 Å². The van der Waals surface area contributed by atoms with Gasteiger partial charge in [-0.25, -0.2) is 4.79 Å². The van der Waals surface area contributed by atoms with Crippen molar-refractivity contribution in [2.45, 2.75) is 97.8 Å². The number of aryl methyl sites for hydroxylation is 1. The molecule has 202 valence electrons. The van der Waals surface area contributed by atoms with Crippen LogP contribution in [0.3, 0.4) is 0 Å². The lowest BCUT2D eigenvalue weighted by Gasteiger charge is -2.35. The van der Waals surface area contributed by atoms with Crippen molar-refractivity contribution in [1.82, 2.24) is 15.5 Å². The zero-order chi connectivity index (χ0) is 27.3. The molecule has 0 saturated heterocycles. The number of carbonyl (C=O) groups excluding carboxylic acids is 4. The van der Waals surface area contributed by atoms with Crippen molar-refractivity contribution in [2.24, 2.45) is 5.73 Å². The normalized spacial score (nSPS) is 12.8. The molecule has 0 aliphatic heterocycles. The van der Waals surface area contributed by atoms with Gasteiger partial charge in [-0.2, -0.15) is 0 Å². The largest absolute Gasteiger partial charge is 0.444 e. The molecule has 0 radical (unpaired) electrons. The molecule has 0 aliphatic rings. The smallest absolute Gasteiger partial charge is 0.408 e. The summed E-state index contributed by atoms with van der Waals surface area (Å²) in [6, 6.07) is 5.46. The molecule has 1 rings (SSSR count). The molecule has 0 aliphatic carbocycles. The predicted molar refractivity (Wildman–Crippen MR) is 140 cm³/mol. The minimum atomic E-state index is -1.08. The lowest BCUT2D eigenvalue weighted by Crippen LogP contribution is -2.53. The zero-order valence-electron chi connectivity index (χ0n) is 22.7. The van der Waals surface area contributed by atoms with Gasteiger partial charge < -0.3 is 26.0 Å². The number of nitrogens with two attached hydrogens (primary N) is 1. The van der Waals surface area contributed by atoms with Crippen LogP contribution in [-0.4, -0.2) is 53.4 Å². The summed E-state index contributed by atoms with van der Waals surface area (Å²) in [5, 5.41) is 5.57. The summed E-state index contributed by atoms with van der Waals surface area (Å²) in [5.41, 5.74) is 6.14. The van der Waals surface area contributed by atoms with E-state index in [2.05, 4.69) is 17.6 Å². The Hall–Kier alpha value is -3.10. The minimum absolute atomic E-state index is 0.00770. The molecule has 9 nitrogen and oxygen atoms in total. The molecule has 0 fully saturated rings. The summed E-state index contributed by atoms with van der Waals surface area (Å²) >= 11 is 0. The number of hydrogen-bond acceptors (Lipinski definition) is 5. The average Bonchev–Trinajstić information content (AvgIpc) is 2.78. The monoisotopic (exact) mass is 504 g/mol. The van der Waals surface area contributed by atoms with Crippen molar-refractivity contribution >= 4 is 23.8 Å². The molecule has 0 bridgehead atoms. The summed E-state index contributed by atoms with van der Waals surface area (Å²) in [4.78, 5) is 52.9. The van der Waals surface area contributed by atoms with Gasteiger partial charge in [0, 0.05) is 19.5 Å². The SMILES string of the molecule is CCCCCNC(=O)C(c1ccccc1C)N(CCC)C(=O)C(CCC(N)=O)NC(=O)OC(C)(C)C. The molecular weight excluding hydrogens is 460 g/mol. The van der Waals surface area contributed by atoms with Gasteiger partial charge in [-0.05, 0) is 58.1 Å². The molecule has 0 aromatic heterocycles. The van der Waals surface area contributed by atoms with E-state index in [1.165, 1.54) is 4.90 Å². The van der Waals surface area contributed by atoms with E-state index in [0.717, 1.165) is 24.8 Å². The van der Waals surface area contributed by atoms with Crippen LogP contribution >= 0.6 is 0 Å². The van der Waals surface area contributed by atoms with E-state index in [0.29, 0.717) is 18.5 Å². The number of ether oxygens (including phenoxy) is 1. The quantitative estimate of drug-likeness (QED) is 0.332. The van der Waals surface area contributed by atoms with Gasteiger partial charge in [0.05, 0.1) is 0 Å².